The number of nitrogens with zero attached hydrogens (tertiary/aromatic N) is 1. The average Bonchev–Trinajstić information content (AvgIpc) is 3.03. The molecule has 134 valence electrons. The summed E-state index contributed by atoms with van der Waals surface area (Å²) in [5.41, 5.74) is 3.71. The summed E-state index contributed by atoms with van der Waals surface area (Å²) in [6.07, 6.45) is 1.42. The smallest absolute Gasteiger partial charge is 0.314 e. The Morgan fingerprint density at radius 2 is 1.69 bits per heavy atom. The van der Waals surface area contributed by atoms with Crippen LogP contribution >= 0.6 is 0 Å². The van der Waals surface area contributed by atoms with E-state index >= 15 is 0 Å². The molecule has 26 heavy (non-hydrogen) atoms. The summed E-state index contributed by atoms with van der Waals surface area (Å²) in [4.78, 5) is 37.9. The fourth-order valence-electron chi connectivity index (χ4n) is 3.02. The highest BCUT2D eigenvalue weighted by Gasteiger charge is 2.23. The van der Waals surface area contributed by atoms with E-state index in [1.165, 1.54) is 0 Å². The maximum absolute atomic E-state index is 12.1. The minimum Gasteiger partial charge on any atom is -0.318 e. The third-order valence-corrected chi connectivity index (χ3v) is 4.42. The highest BCUT2D eigenvalue weighted by atomic mass is 16.2. The molecule has 2 aromatic carbocycles. The Balaban J connectivity index is 1.67. The monoisotopic (exact) mass is 351 g/mol. The minimum absolute atomic E-state index is 0.113. The van der Waals surface area contributed by atoms with Crippen molar-refractivity contribution in [2.24, 2.45) is 0 Å². The normalized spacial score (nSPS) is 13.6. The Bertz CT molecular complexity index is 876. The zero-order valence-electron chi connectivity index (χ0n) is 14.8. The van der Waals surface area contributed by atoms with Gasteiger partial charge in [0.15, 0.2) is 0 Å². The summed E-state index contributed by atoms with van der Waals surface area (Å²) in [5.74, 6) is -1.35. The number of hydrogen-bond acceptors (Lipinski definition) is 3. The maximum Gasteiger partial charge on any atom is 0.314 e. The first kappa shape index (κ1) is 17.7. The number of rotatable bonds is 3. The molecule has 6 nitrogen and oxygen atoms in total. The van der Waals surface area contributed by atoms with Crippen LogP contribution in [0.2, 0.25) is 0 Å². The minimum atomic E-state index is -0.738. The van der Waals surface area contributed by atoms with Crippen LogP contribution in [0.25, 0.3) is 0 Å². The van der Waals surface area contributed by atoms with Crippen molar-refractivity contribution >= 4 is 34.8 Å². The number of carbonyl (C=O) groups excluding carboxylic acids is 3. The van der Waals surface area contributed by atoms with E-state index in [-0.39, 0.29) is 5.91 Å². The summed E-state index contributed by atoms with van der Waals surface area (Å²) in [6.45, 7) is 4.45. The first-order valence-electron chi connectivity index (χ1n) is 8.54. The Morgan fingerprint density at radius 1 is 0.962 bits per heavy atom. The Kier molecular flexibility index (Phi) is 5.02. The van der Waals surface area contributed by atoms with E-state index in [1.54, 1.807) is 35.2 Å². The number of benzene rings is 2. The summed E-state index contributed by atoms with van der Waals surface area (Å²) in [6, 6.07) is 12.5. The van der Waals surface area contributed by atoms with Crippen LogP contribution in [-0.2, 0) is 14.4 Å². The molecule has 0 aliphatic carbocycles. The topological polar surface area (TPSA) is 78.5 Å². The molecule has 1 heterocycles. The van der Waals surface area contributed by atoms with Gasteiger partial charge in [-0.25, -0.2) is 0 Å². The van der Waals surface area contributed by atoms with Gasteiger partial charge in [-0.3, -0.25) is 14.4 Å². The van der Waals surface area contributed by atoms with Crippen LogP contribution in [0, 0.1) is 13.8 Å². The lowest BCUT2D eigenvalue weighted by atomic mass is 10.1. The average molecular weight is 351 g/mol. The van der Waals surface area contributed by atoms with Gasteiger partial charge < -0.3 is 15.5 Å². The molecule has 1 fully saturated rings. The molecule has 0 spiro atoms. The number of amides is 3. The van der Waals surface area contributed by atoms with Crippen LogP contribution in [0.4, 0.5) is 17.1 Å². The van der Waals surface area contributed by atoms with E-state index in [0.29, 0.717) is 24.3 Å². The van der Waals surface area contributed by atoms with Crippen molar-refractivity contribution in [1.29, 1.82) is 0 Å². The molecule has 0 radical (unpaired) electrons. The number of para-hydroxylation sites is 1. The highest BCUT2D eigenvalue weighted by Crippen LogP contribution is 2.27. The summed E-state index contributed by atoms with van der Waals surface area (Å²) in [5, 5.41) is 5.20. The van der Waals surface area contributed by atoms with E-state index in [0.717, 1.165) is 23.2 Å². The molecule has 6 heteroatoms. The second-order valence-electron chi connectivity index (χ2n) is 6.37. The van der Waals surface area contributed by atoms with Gasteiger partial charge in [-0.1, -0.05) is 18.2 Å². The first-order valence-corrected chi connectivity index (χ1v) is 8.54. The van der Waals surface area contributed by atoms with E-state index in [9.17, 15) is 14.4 Å². The SMILES string of the molecule is Cc1ccccc1NC(=O)C(=O)Nc1ccc(N2CCCC2=O)c(C)c1. The summed E-state index contributed by atoms with van der Waals surface area (Å²) >= 11 is 0. The third-order valence-electron chi connectivity index (χ3n) is 4.42. The summed E-state index contributed by atoms with van der Waals surface area (Å²) in [7, 11) is 0. The molecule has 1 saturated heterocycles. The molecule has 0 unspecified atom stereocenters. The van der Waals surface area contributed by atoms with Gasteiger partial charge in [0, 0.05) is 30.0 Å². The number of hydrogen-bond donors (Lipinski definition) is 2. The van der Waals surface area contributed by atoms with E-state index < -0.39 is 11.8 Å². The molecule has 0 bridgehead atoms. The number of carbonyl (C=O) groups is 3. The highest BCUT2D eigenvalue weighted by molar-refractivity contribution is 6.43. The van der Waals surface area contributed by atoms with Crippen molar-refractivity contribution in [3.05, 3.63) is 53.6 Å². The van der Waals surface area contributed by atoms with Crippen molar-refractivity contribution in [2.45, 2.75) is 26.7 Å². The van der Waals surface area contributed by atoms with Crippen LogP contribution in [-0.4, -0.2) is 24.3 Å². The van der Waals surface area contributed by atoms with Crippen LogP contribution < -0.4 is 15.5 Å². The Labute approximate surface area is 152 Å². The van der Waals surface area contributed by atoms with Gasteiger partial charge in [0.1, 0.15) is 0 Å². The van der Waals surface area contributed by atoms with Gasteiger partial charge in [-0.05, 0) is 55.7 Å². The van der Waals surface area contributed by atoms with Crippen molar-refractivity contribution < 1.29 is 14.4 Å². The van der Waals surface area contributed by atoms with Gasteiger partial charge in [0.25, 0.3) is 0 Å². The summed E-state index contributed by atoms with van der Waals surface area (Å²) < 4.78 is 0. The number of anilines is 3. The Hall–Kier alpha value is -3.15. The maximum atomic E-state index is 12.1. The largest absolute Gasteiger partial charge is 0.318 e. The fraction of sp³-hybridized carbons (Fsp3) is 0.250. The Morgan fingerprint density at radius 3 is 2.35 bits per heavy atom. The molecule has 3 amide bonds. The van der Waals surface area contributed by atoms with Gasteiger partial charge in [0.2, 0.25) is 5.91 Å². The quantitative estimate of drug-likeness (QED) is 0.835. The molecule has 2 N–H and O–H groups in total. The van der Waals surface area contributed by atoms with Crippen molar-refractivity contribution in [3.63, 3.8) is 0 Å². The molecule has 0 atom stereocenters. The molecule has 0 aromatic heterocycles. The van der Waals surface area contributed by atoms with Crippen molar-refractivity contribution in [3.8, 4) is 0 Å². The molecule has 0 saturated carbocycles. The van der Waals surface area contributed by atoms with E-state index in [1.807, 2.05) is 26.0 Å². The molecular formula is C20H21N3O3. The molecule has 3 rings (SSSR count). The second kappa shape index (κ2) is 7.39. The zero-order valence-corrected chi connectivity index (χ0v) is 14.8. The third kappa shape index (κ3) is 3.74. The number of nitrogens with one attached hydrogen (secondary N) is 2. The van der Waals surface area contributed by atoms with E-state index in [2.05, 4.69) is 10.6 Å². The van der Waals surface area contributed by atoms with Gasteiger partial charge in [0.05, 0.1) is 0 Å². The lowest BCUT2D eigenvalue weighted by Gasteiger charge is -2.19. The van der Waals surface area contributed by atoms with Crippen LogP contribution in [0.3, 0.4) is 0 Å². The fourth-order valence-corrected chi connectivity index (χ4v) is 3.02. The van der Waals surface area contributed by atoms with Crippen LogP contribution in [0.1, 0.15) is 24.0 Å². The van der Waals surface area contributed by atoms with Crippen LogP contribution in [0.5, 0.6) is 0 Å². The lowest BCUT2D eigenvalue weighted by Crippen LogP contribution is -2.29. The van der Waals surface area contributed by atoms with E-state index in [4.69, 9.17) is 0 Å². The number of aryl methyl sites for hydroxylation is 2. The van der Waals surface area contributed by atoms with Crippen LogP contribution in [0.15, 0.2) is 42.5 Å². The standard InChI is InChI=1S/C20H21N3O3/c1-13-6-3-4-7-16(13)22-20(26)19(25)21-15-9-10-17(14(2)12-15)23-11-5-8-18(23)24/h3-4,6-7,9-10,12H,5,8,11H2,1-2H3,(H,21,25)(H,22,26). The molecule has 1 aliphatic rings. The van der Waals surface area contributed by atoms with Crippen molar-refractivity contribution in [2.75, 3.05) is 22.1 Å². The molecular weight excluding hydrogens is 330 g/mol. The zero-order chi connectivity index (χ0) is 18.7. The molecule has 1 aliphatic heterocycles. The second-order valence-corrected chi connectivity index (χ2v) is 6.37. The first-order chi connectivity index (χ1) is 12.5. The van der Waals surface area contributed by atoms with Crippen molar-refractivity contribution in [1.82, 2.24) is 0 Å². The predicted octanol–water partition coefficient (Wildman–Crippen LogP) is 3.01. The lowest BCUT2D eigenvalue weighted by molar-refractivity contribution is -0.133. The molecule has 2 aromatic rings. The van der Waals surface area contributed by atoms with Gasteiger partial charge in [-0.15, -0.1) is 0 Å². The predicted molar refractivity (Wildman–Crippen MR) is 101 cm³/mol. The van der Waals surface area contributed by atoms with Gasteiger partial charge >= 0.3 is 11.8 Å². The van der Waals surface area contributed by atoms with Gasteiger partial charge in [-0.2, -0.15) is 0 Å².